The van der Waals surface area contributed by atoms with E-state index in [0.717, 1.165) is 3.57 Å². The summed E-state index contributed by atoms with van der Waals surface area (Å²) in [7, 11) is 0. The number of carbonyl (C=O) groups excluding carboxylic acids is 1. The number of esters is 1. The Balaban J connectivity index is 2.96. The number of hydrogen-bond acceptors (Lipinski definition) is 3. The Morgan fingerprint density at radius 1 is 1.53 bits per heavy atom. The first-order valence-corrected chi connectivity index (χ1v) is 5.79. The van der Waals surface area contributed by atoms with Gasteiger partial charge in [0.25, 0.3) is 0 Å². The molecule has 0 amide bonds. The number of rotatable bonds is 1. The molecule has 0 N–H and O–H groups in total. The van der Waals surface area contributed by atoms with Gasteiger partial charge in [-0.15, -0.1) is 0 Å². The lowest BCUT2D eigenvalue weighted by Gasteiger charge is -2.19. The highest BCUT2D eigenvalue weighted by molar-refractivity contribution is 14.1. The standard InChI is InChI=1S/C10H11ClINO2/c1-10(2,3)15-9(14)7-4-6(12)5-13-8(7)11/h4-5H,1-3H3. The highest BCUT2D eigenvalue weighted by Crippen LogP contribution is 2.19. The molecule has 0 aromatic carbocycles. The molecule has 1 rings (SSSR count). The summed E-state index contributed by atoms with van der Waals surface area (Å²) in [5.74, 6) is -0.446. The summed E-state index contributed by atoms with van der Waals surface area (Å²) < 4.78 is 6.04. The molecule has 1 aromatic heterocycles. The lowest BCUT2D eigenvalue weighted by Crippen LogP contribution is -2.24. The molecule has 0 bridgehead atoms. The summed E-state index contributed by atoms with van der Waals surface area (Å²) in [6.45, 7) is 5.42. The van der Waals surface area contributed by atoms with Crippen molar-refractivity contribution >= 4 is 40.2 Å². The molecule has 0 unspecified atom stereocenters. The second-order valence-electron chi connectivity index (χ2n) is 3.99. The molecule has 0 fully saturated rings. The van der Waals surface area contributed by atoms with Gasteiger partial charge in [0, 0.05) is 9.77 Å². The monoisotopic (exact) mass is 339 g/mol. The van der Waals surface area contributed by atoms with E-state index in [0.29, 0.717) is 5.56 Å². The number of carbonyl (C=O) groups is 1. The quantitative estimate of drug-likeness (QED) is 0.448. The van der Waals surface area contributed by atoms with Gasteiger partial charge in [0.15, 0.2) is 0 Å². The van der Waals surface area contributed by atoms with Crippen LogP contribution in [-0.2, 0) is 4.74 Å². The fourth-order valence-electron chi connectivity index (χ4n) is 0.899. The van der Waals surface area contributed by atoms with Crippen molar-refractivity contribution in [2.75, 3.05) is 0 Å². The first kappa shape index (κ1) is 12.7. The molecule has 0 saturated heterocycles. The Hall–Kier alpha value is -0.360. The summed E-state index contributed by atoms with van der Waals surface area (Å²) in [6, 6.07) is 1.66. The highest BCUT2D eigenvalue weighted by atomic mass is 127. The summed E-state index contributed by atoms with van der Waals surface area (Å²) in [6.07, 6.45) is 1.59. The zero-order valence-corrected chi connectivity index (χ0v) is 11.6. The number of nitrogens with zero attached hydrogens (tertiary/aromatic N) is 1. The Labute approximate surface area is 107 Å². The summed E-state index contributed by atoms with van der Waals surface area (Å²) in [5.41, 5.74) is -0.222. The minimum atomic E-state index is -0.526. The third kappa shape index (κ3) is 3.95. The molecular formula is C10H11ClINO2. The fourth-order valence-corrected chi connectivity index (χ4v) is 1.53. The molecule has 0 spiro atoms. The maximum absolute atomic E-state index is 11.7. The van der Waals surface area contributed by atoms with Crippen molar-refractivity contribution in [3.05, 3.63) is 26.5 Å². The summed E-state index contributed by atoms with van der Waals surface area (Å²) >= 11 is 7.87. The number of ether oxygens (including phenoxy) is 1. The van der Waals surface area contributed by atoms with Crippen LogP contribution in [0.4, 0.5) is 0 Å². The van der Waals surface area contributed by atoms with Crippen LogP contribution in [0.15, 0.2) is 12.3 Å². The van der Waals surface area contributed by atoms with Crippen molar-refractivity contribution < 1.29 is 9.53 Å². The molecule has 15 heavy (non-hydrogen) atoms. The maximum Gasteiger partial charge on any atom is 0.341 e. The SMILES string of the molecule is CC(C)(C)OC(=O)c1cc(I)cnc1Cl. The summed E-state index contributed by atoms with van der Waals surface area (Å²) in [5, 5.41) is 0.171. The molecule has 3 nitrogen and oxygen atoms in total. The second-order valence-corrected chi connectivity index (χ2v) is 5.60. The van der Waals surface area contributed by atoms with Gasteiger partial charge in [-0.25, -0.2) is 9.78 Å². The van der Waals surface area contributed by atoms with E-state index in [1.165, 1.54) is 0 Å². The van der Waals surface area contributed by atoms with Crippen molar-refractivity contribution in [3.8, 4) is 0 Å². The van der Waals surface area contributed by atoms with Crippen molar-refractivity contribution in [3.63, 3.8) is 0 Å². The van der Waals surface area contributed by atoms with Crippen LogP contribution in [-0.4, -0.2) is 16.6 Å². The Morgan fingerprint density at radius 3 is 2.67 bits per heavy atom. The van der Waals surface area contributed by atoms with Gasteiger partial charge in [0.1, 0.15) is 10.8 Å². The Bertz CT molecular complexity index is 387. The number of hydrogen-bond donors (Lipinski definition) is 0. The van der Waals surface area contributed by atoms with Crippen molar-refractivity contribution in [1.82, 2.24) is 4.98 Å². The van der Waals surface area contributed by atoms with Crippen LogP contribution in [0.5, 0.6) is 0 Å². The minimum absolute atomic E-state index is 0.171. The Kier molecular flexibility index (Phi) is 3.94. The largest absolute Gasteiger partial charge is 0.456 e. The van der Waals surface area contributed by atoms with E-state index in [2.05, 4.69) is 27.6 Å². The predicted octanol–water partition coefficient (Wildman–Crippen LogP) is 3.29. The molecule has 1 heterocycles. The molecule has 0 aliphatic rings. The molecule has 0 atom stereocenters. The zero-order chi connectivity index (χ0) is 11.6. The van der Waals surface area contributed by atoms with E-state index in [1.54, 1.807) is 33.0 Å². The van der Waals surface area contributed by atoms with Crippen molar-refractivity contribution in [2.24, 2.45) is 0 Å². The first-order valence-electron chi connectivity index (χ1n) is 4.34. The number of aromatic nitrogens is 1. The van der Waals surface area contributed by atoms with E-state index < -0.39 is 11.6 Å². The summed E-state index contributed by atoms with van der Waals surface area (Å²) in [4.78, 5) is 15.6. The van der Waals surface area contributed by atoms with Crippen LogP contribution in [0.3, 0.4) is 0 Å². The first-order chi connectivity index (χ1) is 6.79. The van der Waals surface area contributed by atoms with Gasteiger partial charge >= 0.3 is 5.97 Å². The normalized spacial score (nSPS) is 11.3. The van der Waals surface area contributed by atoms with E-state index >= 15 is 0 Å². The van der Waals surface area contributed by atoms with Gasteiger partial charge in [-0.1, -0.05) is 11.6 Å². The van der Waals surface area contributed by atoms with Crippen LogP contribution in [0.1, 0.15) is 31.1 Å². The number of pyridine rings is 1. The maximum atomic E-state index is 11.7. The fraction of sp³-hybridized carbons (Fsp3) is 0.400. The average molecular weight is 340 g/mol. The van der Waals surface area contributed by atoms with Crippen LogP contribution in [0.25, 0.3) is 0 Å². The van der Waals surface area contributed by atoms with E-state index in [-0.39, 0.29) is 5.15 Å². The van der Waals surface area contributed by atoms with E-state index in [4.69, 9.17) is 16.3 Å². The lowest BCUT2D eigenvalue weighted by molar-refractivity contribution is 0.00692. The zero-order valence-electron chi connectivity index (χ0n) is 8.67. The minimum Gasteiger partial charge on any atom is -0.456 e. The second kappa shape index (κ2) is 4.65. The molecule has 82 valence electrons. The smallest absolute Gasteiger partial charge is 0.341 e. The van der Waals surface area contributed by atoms with Gasteiger partial charge in [0.2, 0.25) is 0 Å². The van der Waals surface area contributed by atoms with Gasteiger partial charge in [-0.05, 0) is 49.4 Å². The number of halogens is 2. The van der Waals surface area contributed by atoms with Crippen LogP contribution in [0.2, 0.25) is 5.15 Å². The highest BCUT2D eigenvalue weighted by Gasteiger charge is 2.20. The van der Waals surface area contributed by atoms with E-state index in [1.807, 2.05) is 0 Å². The topological polar surface area (TPSA) is 39.2 Å². The van der Waals surface area contributed by atoms with Gasteiger partial charge in [-0.2, -0.15) is 0 Å². The van der Waals surface area contributed by atoms with Crippen LogP contribution >= 0.6 is 34.2 Å². The van der Waals surface area contributed by atoms with Gasteiger partial charge in [0.05, 0.1) is 5.56 Å². The van der Waals surface area contributed by atoms with Gasteiger partial charge < -0.3 is 4.74 Å². The van der Waals surface area contributed by atoms with Gasteiger partial charge in [-0.3, -0.25) is 0 Å². The van der Waals surface area contributed by atoms with Crippen molar-refractivity contribution in [2.45, 2.75) is 26.4 Å². The molecule has 0 aliphatic heterocycles. The molecule has 1 aromatic rings. The average Bonchev–Trinajstić information content (AvgIpc) is 2.06. The third-order valence-electron chi connectivity index (χ3n) is 1.42. The molecule has 5 heteroatoms. The van der Waals surface area contributed by atoms with E-state index in [9.17, 15) is 4.79 Å². The van der Waals surface area contributed by atoms with Crippen LogP contribution < -0.4 is 0 Å². The lowest BCUT2D eigenvalue weighted by atomic mass is 10.2. The van der Waals surface area contributed by atoms with Crippen LogP contribution in [0, 0.1) is 3.57 Å². The van der Waals surface area contributed by atoms with Crippen molar-refractivity contribution in [1.29, 1.82) is 0 Å². The third-order valence-corrected chi connectivity index (χ3v) is 2.32. The molecule has 0 saturated carbocycles. The molecule has 0 radical (unpaired) electrons. The Morgan fingerprint density at radius 2 is 2.13 bits per heavy atom. The molecular weight excluding hydrogens is 328 g/mol. The molecule has 0 aliphatic carbocycles. The predicted molar refractivity (Wildman–Crippen MR) is 67.1 cm³/mol.